The summed E-state index contributed by atoms with van der Waals surface area (Å²) in [5.41, 5.74) is 0. The molecule has 0 unspecified atom stereocenters. The predicted octanol–water partition coefficient (Wildman–Crippen LogP) is 2.27. The van der Waals surface area contributed by atoms with Gasteiger partial charge in [-0.3, -0.25) is 4.90 Å². The molecule has 1 aliphatic carbocycles. The summed E-state index contributed by atoms with van der Waals surface area (Å²) < 4.78 is 14.1. The van der Waals surface area contributed by atoms with E-state index in [9.17, 15) is 0 Å². The van der Waals surface area contributed by atoms with Gasteiger partial charge in [0.25, 0.3) is 0 Å². The van der Waals surface area contributed by atoms with Gasteiger partial charge >= 0.3 is 0 Å². The number of ether oxygens (including phenoxy) is 2. The highest BCUT2D eigenvalue weighted by Crippen LogP contribution is 2.26. The monoisotopic (exact) mass is 322 g/mol. The zero-order valence-electron chi connectivity index (χ0n) is 14.5. The maximum absolute atomic E-state index is 6.15. The van der Waals surface area contributed by atoms with Gasteiger partial charge in [-0.1, -0.05) is 19.8 Å². The van der Waals surface area contributed by atoms with Crippen molar-refractivity contribution in [2.75, 3.05) is 32.8 Å². The van der Waals surface area contributed by atoms with Gasteiger partial charge in [0.1, 0.15) is 12.4 Å². The van der Waals surface area contributed by atoms with Crippen LogP contribution in [0.25, 0.3) is 0 Å². The van der Waals surface area contributed by atoms with Crippen molar-refractivity contribution >= 4 is 0 Å². The van der Waals surface area contributed by atoms with Gasteiger partial charge in [0.2, 0.25) is 0 Å². The Balaban J connectivity index is 1.45. The Hall–Kier alpha value is -0.980. The van der Waals surface area contributed by atoms with E-state index in [1.807, 2.05) is 0 Å². The van der Waals surface area contributed by atoms with Crippen molar-refractivity contribution in [3.63, 3.8) is 0 Å². The van der Waals surface area contributed by atoms with Crippen molar-refractivity contribution in [3.8, 4) is 0 Å². The second-order valence-corrected chi connectivity index (χ2v) is 6.81. The van der Waals surface area contributed by atoms with Gasteiger partial charge in [-0.15, -0.1) is 10.2 Å². The summed E-state index contributed by atoms with van der Waals surface area (Å²) in [6, 6.07) is 0. The van der Waals surface area contributed by atoms with Crippen LogP contribution in [0.4, 0.5) is 0 Å². The molecule has 0 amide bonds. The Kier molecular flexibility index (Phi) is 6.02. The molecule has 6 nitrogen and oxygen atoms in total. The lowest BCUT2D eigenvalue weighted by molar-refractivity contribution is -0.0571. The summed E-state index contributed by atoms with van der Waals surface area (Å²) in [6.07, 6.45) is 7.50. The van der Waals surface area contributed by atoms with E-state index in [2.05, 4.69) is 33.5 Å². The number of aryl methyl sites for hydroxylation is 1. The largest absolute Gasteiger partial charge is 0.377 e. The van der Waals surface area contributed by atoms with Crippen LogP contribution in [0.2, 0.25) is 0 Å². The fourth-order valence-corrected chi connectivity index (χ4v) is 3.68. The third kappa shape index (κ3) is 4.31. The first-order valence-electron chi connectivity index (χ1n) is 9.11. The van der Waals surface area contributed by atoms with Gasteiger partial charge < -0.3 is 14.0 Å². The molecule has 0 aromatic carbocycles. The summed E-state index contributed by atoms with van der Waals surface area (Å²) >= 11 is 0. The molecule has 130 valence electrons. The van der Waals surface area contributed by atoms with E-state index >= 15 is 0 Å². The molecule has 6 heteroatoms. The second kappa shape index (κ2) is 8.22. The molecule has 0 bridgehead atoms. The van der Waals surface area contributed by atoms with E-state index < -0.39 is 0 Å². The molecule has 2 heterocycles. The lowest BCUT2D eigenvalue weighted by atomic mass is 9.88. The molecular weight excluding hydrogens is 292 g/mol. The number of hydrogen-bond acceptors (Lipinski definition) is 5. The van der Waals surface area contributed by atoms with Crippen LogP contribution in [-0.2, 0) is 16.0 Å². The van der Waals surface area contributed by atoms with Gasteiger partial charge in [-0.2, -0.15) is 0 Å². The van der Waals surface area contributed by atoms with Gasteiger partial charge in [0, 0.05) is 26.2 Å². The van der Waals surface area contributed by atoms with Crippen LogP contribution in [-0.4, -0.2) is 58.6 Å². The highest BCUT2D eigenvalue weighted by atomic mass is 16.5. The van der Waals surface area contributed by atoms with E-state index in [1.54, 1.807) is 6.33 Å². The number of morpholine rings is 1. The van der Waals surface area contributed by atoms with E-state index in [-0.39, 0.29) is 6.10 Å². The molecule has 1 aliphatic heterocycles. The molecule has 1 saturated carbocycles. The molecule has 23 heavy (non-hydrogen) atoms. The maximum Gasteiger partial charge on any atom is 0.163 e. The SMILES string of the molecule is CCn1cnnc1[C@@H]1CN(CCO[C@H]2CCCC[C@H]2C)CCO1. The first-order chi connectivity index (χ1) is 11.3. The minimum Gasteiger partial charge on any atom is -0.377 e. The fourth-order valence-electron chi connectivity index (χ4n) is 3.68. The quantitative estimate of drug-likeness (QED) is 0.804. The van der Waals surface area contributed by atoms with Crippen LogP contribution < -0.4 is 0 Å². The van der Waals surface area contributed by atoms with Gasteiger partial charge in [0.15, 0.2) is 5.82 Å². The molecule has 2 fully saturated rings. The molecule has 0 N–H and O–H groups in total. The zero-order valence-corrected chi connectivity index (χ0v) is 14.5. The highest BCUT2D eigenvalue weighted by Gasteiger charge is 2.26. The third-order valence-electron chi connectivity index (χ3n) is 5.20. The molecule has 3 rings (SSSR count). The molecular formula is C17H30N4O2. The van der Waals surface area contributed by atoms with Crippen LogP contribution in [0, 0.1) is 5.92 Å². The molecule has 1 aromatic rings. The van der Waals surface area contributed by atoms with Gasteiger partial charge in [-0.05, 0) is 25.7 Å². The van der Waals surface area contributed by atoms with Crippen molar-refractivity contribution in [1.29, 1.82) is 0 Å². The maximum atomic E-state index is 6.15. The minimum absolute atomic E-state index is 0.0276. The average molecular weight is 322 g/mol. The Morgan fingerprint density at radius 2 is 2.22 bits per heavy atom. The van der Waals surface area contributed by atoms with Crippen LogP contribution >= 0.6 is 0 Å². The average Bonchev–Trinajstić information content (AvgIpc) is 3.06. The predicted molar refractivity (Wildman–Crippen MR) is 88.2 cm³/mol. The summed E-state index contributed by atoms with van der Waals surface area (Å²) in [5, 5.41) is 8.25. The number of rotatable bonds is 6. The first kappa shape index (κ1) is 16.9. The molecule has 0 spiro atoms. The van der Waals surface area contributed by atoms with Gasteiger partial charge in [0.05, 0.1) is 19.3 Å². The van der Waals surface area contributed by atoms with E-state index in [0.29, 0.717) is 12.0 Å². The van der Waals surface area contributed by atoms with Crippen molar-refractivity contribution in [1.82, 2.24) is 19.7 Å². The Labute approximate surface area is 139 Å². The summed E-state index contributed by atoms with van der Waals surface area (Å²) in [5.74, 6) is 1.66. The second-order valence-electron chi connectivity index (χ2n) is 6.81. The van der Waals surface area contributed by atoms with Crippen LogP contribution in [0.1, 0.15) is 51.5 Å². The molecule has 0 radical (unpaired) electrons. The lowest BCUT2D eigenvalue weighted by Crippen LogP contribution is -2.41. The minimum atomic E-state index is 0.0276. The summed E-state index contributed by atoms with van der Waals surface area (Å²) in [7, 11) is 0. The summed E-state index contributed by atoms with van der Waals surface area (Å²) in [4.78, 5) is 2.43. The van der Waals surface area contributed by atoms with E-state index in [0.717, 1.165) is 45.2 Å². The van der Waals surface area contributed by atoms with Crippen molar-refractivity contribution in [2.45, 2.75) is 58.3 Å². The fraction of sp³-hybridized carbons (Fsp3) is 0.882. The number of aromatic nitrogens is 3. The lowest BCUT2D eigenvalue weighted by Gasteiger charge is -2.33. The highest BCUT2D eigenvalue weighted by molar-refractivity contribution is 4.94. The normalized spacial score (nSPS) is 29.7. The topological polar surface area (TPSA) is 52.4 Å². The molecule has 1 saturated heterocycles. The zero-order chi connectivity index (χ0) is 16.1. The Morgan fingerprint density at radius 3 is 3.04 bits per heavy atom. The first-order valence-corrected chi connectivity index (χ1v) is 9.11. The Morgan fingerprint density at radius 1 is 1.35 bits per heavy atom. The smallest absolute Gasteiger partial charge is 0.163 e. The van der Waals surface area contributed by atoms with Crippen LogP contribution in [0.3, 0.4) is 0 Å². The number of nitrogens with zero attached hydrogens (tertiary/aromatic N) is 4. The van der Waals surface area contributed by atoms with E-state index in [4.69, 9.17) is 9.47 Å². The number of hydrogen-bond donors (Lipinski definition) is 0. The molecule has 1 aromatic heterocycles. The summed E-state index contributed by atoms with van der Waals surface area (Å²) in [6.45, 7) is 9.71. The van der Waals surface area contributed by atoms with Gasteiger partial charge in [-0.25, -0.2) is 0 Å². The Bertz CT molecular complexity index is 479. The van der Waals surface area contributed by atoms with Crippen molar-refractivity contribution in [2.24, 2.45) is 5.92 Å². The van der Waals surface area contributed by atoms with Crippen LogP contribution in [0.15, 0.2) is 6.33 Å². The van der Waals surface area contributed by atoms with Crippen LogP contribution in [0.5, 0.6) is 0 Å². The molecule has 2 aliphatic rings. The van der Waals surface area contributed by atoms with Crippen molar-refractivity contribution in [3.05, 3.63) is 12.2 Å². The third-order valence-corrected chi connectivity index (χ3v) is 5.20. The van der Waals surface area contributed by atoms with Crippen molar-refractivity contribution < 1.29 is 9.47 Å². The van der Waals surface area contributed by atoms with E-state index in [1.165, 1.54) is 25.7 Å². The standard InChI is InChI=1S/C17H30N4O2/c1-3-21-13-18-19-17(21)16-12-20(9-11-23-16)8-10-22-15-7-5-4-6-14(15)2/h13-16H,3-12H2,1-2H3/t14-,15+,16+/m1/s1. The molecule has 3 atom stereocenters.